The van der Waals surface area contributed by atoms with Crippen LogP contribution in [0.1, 0.15) is 5.76 Å². The van der Waals surface area contributed by atoms with Crippen LogP contribution in [0.25, 0.3) is 17.4 Å². The number of rotatable bonds is 3. The molecule has 128 valence electrons. The predicted octanol–water partition coefficient (Wildman–Crippen LogP) is 2.99. The van der Waals surface area contributed by atoms with Gasteiger partial charge in [0.05, 0.1) is 18.8 Å². The maximum Gasteiger partial charge on any atom is 0.264 e. The molecule has 0 aliphatic carbocycles. The van der Waals surface area contributed by atoms with E-state index in [9.17, 15) is 18.8 Å². The van der Waals surface area contributed by atoms with Crippen LogP contribution >= 0.6 is 0 Å². The zero-order chi connectivity index (χ0) is 17.8. The standard InChI is InChI=1S/C18H14F2N2O3/c19-13-1-3-15(16(20)10-13)17-4-2-14(25-17)9-12(11-21)18(23)22-5-7-24-8-6-22/h1-4,9-10H,5-8H2/b12-9+. The number of halogens is 2. The second kappa shape index (κ2) is 7.28. The first-order valence-electron chi connectivity index (χ1n) is 7.62. The van der Waals surface area contributed by atoms with Crippen LogP contribution in [0.5, 0.6) is 0 Å². The van der Waals surface area contributed by atoms with Gasteiger partial charge in [0.15, 0.2) is 0 Å². The van der Waals surface area contributed by atoms with Crippen LogP contribution in [-0.4, -0.2) is 37.1 Å². The number of nitriles is 1. The van der Waals surface area contributed by atoms with Crippen molar-refractivity contribution in [1.29, 1.82) is 5.26 Å². The van der Waals surface area contributed by atoms with Gasteiger partial charge in [-0.15, -0.1) is 0 Å². The molecule has 1 fully saturated rings. The number of amides is 1. The van der Waals surface area contributed by atoms with Gasteiger partial charge in [-0.2, -0.15) is 5.26 Å². The van der Waals surface area contributed by atoms with Crippen molar-refractivity contribution in [3.05, 3.63) is 53.3 Å². The average Bonchev–Trinajstić information content (AvgIpc) is 3.08. The summed E-state index contributed by atoms with van der Waals surface area (Å²) in [7, 11) is 0. The van der Waals surface area contributed by atoms with Crippen LogP contribution in [0.2, 0.25) is 0 Å². The summed E-state index contributed by atoms with van der Waals surface area (Å²) in [5.74, 6) is -1.43. The van der Waals surface area contributed by atoms with E-state index in [1.54, 1.807) is 0 Å². The molecule has 0 bridgehead atoms. The lowest BCUT2D eigenvalue weighted by atomic mass is 10.1. The first-order valence-corrected chi connectivity index (χ1v) is 7.62. The molecule has 2 aromatic rings. The number of hydrogen-bond donors (Lipinski definition) is 0. The molecule has 0 atom stereocenters. The summed E-state index contributed by atoms with van der Waals surface area (Å²) >= 11 is 0. The van der Waals surface area contributed by atoms with Crippen molar-refractivity contribution in [1.82, 2.24) is 4.90 Å². The number of furan rings is 1. The van der Waals surface area contributed by atoms with E-state index in [-0.39, 0.29) is 22.7 Å². The second-order valence-corrected chi connectivity index (χ2v) is 5.40. The minimum absolute atomic E-state index is 0.0811. The Morgan fingerprint density at radius 3 is 2.64 bits per heavy atom. The van der Waals surface area contributed by atoms with Crippen LogP contribution in [0.3, 0.4) is 0 Å². The summed E-state index contributed by atoms with van der Waals surface area (Å²) in [6.07, 6.45) is 1.31. The van der Waals surface area contributed by atoms with Crippen LogP contribution in [0.15, 0.2) is 40.3 Å². The van der Waals surface area contributed by atoms with Gasteiger partial charge >= 0.3 is 0 Å². The molecule has 0 spiro atoms. The number of carbonyl (C=O) groups is 1. The van der Waals surface area contributed by atoms with Gasteiger partial charge < -0.3 is 14.1 Å². The fraction of sp³-hybridized carbons (Fsp3) is 0.222. The highest BCUT2D eigenvalue weighted by Gasteiger charge is 2.21. The summed E-state index contributed by atoms with van der Waals surface area (Å²) in [6.45, 7) is 1.70. The lowest BCUT2D eigenvalue weighted by Gasteiger charge is -2.26. The number of carbonyl (C=O) groups excluding carboxylic acids is 1. The Balaban J connectivity index is 1.84. The van der Waals surface area contributed by atoms with Crippen LogP contribution in [0.4, 0.5) is 8.78 Å². The molecule has 1 aromatic heterocycles. The highest BCUT2D eigenvalue weighted by atomic mass is 19.1. The van der Waals surface area contributed by atoms with Crippen molar-refractivity contribution in [3.63, 3.8) is 0 Å². The number of morpholine rings is 1. The van der Waals surface area contributed by atoms with E-state index in [1.165, 1.54) is 29.2 Å². The SMILES string of the molecule is N#C/C(=C\c1ccc(-c2ccc(F)cc2F)o1)C(=O)N1CCOCC1. The predicted molar refractivity (Wildman–Crippen MR) is 85.0 cm³/mol. The number of nitrogens with zero attached hydrogens (tertiary/aromatic N) is 2. The van der Waals surface area contributed by atoms with E-state index in [1.807, 2.05) is 6.07 Å². The summed E-state index contributed by atoms with van der Waals surface area (Å²) in [5, 5.41) is 9.25. The monoisotopic (exact) mass is 344 g/mol. The van der Waals surface area contributed by atoms with E-state index in [0.717, 1.165) is 12.1 Å². The van der Waals surface area contributed by atoms with Gasteiger partial charge in [-0.1, -0.05) is 0 Å². The highest BCUT2D eigenvalue weighted by molar-refractivity contribution is 6.01. The Morgan fingerprint density at radius 2 is 1.96 bits per heavy atom. The van der Waals surface area contributed by atoms with E-state index in [4.69, 9.17) is 9.15 Å². The second-order valence-electron chi connectivity index (χ2n) is 5.40. The van der Waals surface area contributed by atoms with Crippen LogP contribution in [-0.2, 0) is 9.53 Å². The summed E-state index contributed by atoms with van der Waals surface area (Å²) < 4.78 is 37.4. The normalized spacial score (nSPS) is 15.1. The molecule has 25 heavy (non-hydrogen) atoms. The third-order valence-electron chi connectivity index (χ3n) is 3.76. The van der Waals surface area contributed by atoms with Crippen molar-refractivity contribution < 1.29 is 22.7 Å². The van der Waals surface area contributed by atoms with Crippen molar-refractivity contribution in [3.8, 4) is 17.4 Å². The van der Waals surface area contributed by atoms with Gasteiger partial charge in [-0.25, -0.2) is 8.78 Å². The van der Waals surface area contributed by atoms with Crippen molar-refractivity contribution in [2.45, 2.75) is 0 Å². The van der Waals surface area contributed by atoms with E-state index >= 15 is 0 Å². The lowest BCUT2D eigenvalue weighted by molar-refractivity contribution is -0.130. The van der Waals surface area contributed by atoms with Gasteiger partial charge in [-0.3, -0.25) is 4.79 Å². The maximum absolute atomic E-state index is 13.8. The molecule has 1 aromatic carbocycles. The molecule has 1 saturated heterocycles. The van der Waals surface area contributed by atoms with Gasteiger partial charge in [0, 0.05) is 25.2 Å². The van der Waals surface area contributed by atoms with Gasteiger partial charge in [0.25, 0.3) is 5.91 Å². The maximum atomic E-state index is 13.8. The molecule has 0 N–H and O–H groups in total. The van der Waals surface area contributed by atoms with E-state index < -0.39 is 17.5 Å². The zero-order valence-corrected chi connectivity index (χ0v) is 13.2. The molecule has 0 unspecified atom stereocenters. The van der Waals surface area contributed by atoms with E-state index in [2.05, 4.69) is 0 Å². The lowest BCUT2D eigenvalue weighted by Crippen LogP contribution is -2.41. The average molecular weight is 344 g/mol. The number of ether oxygens (including phenoxy) is 1. The Labute approximate surface area is 142 Å². The van der Waals surface area contributed by atoms with E-state index in [0.29, 0.717) is 26.3 Å². The summed E-state index contributed by atoms with van der Waals surface area (Å²) in [4.78, 5) is 13.9. The molecule has 7 heteroatoms. The summed E-state index contributed by atoms with van der Waals surface area (Å²) in [6, 6.07) is 8.02. The van der Waals surface area contributed by atoms with Gasteiger partial charge in [0.1, 0.15) is 34.8 Å². The zero-order valence-electron chi connectivity index (χ0n) is 13.2. The molecular formula is C18H14F2N2O3. The molecular weight excluding hydrogens is 330 g/mol. The first kappa shape index (κ1) is 16.9. The molecule has 2 heterocycles. The largest absolute Gasteiger partial charge is 0.457 e. The third kappa shape index (κ3) is 3.75. The van der Waals surface area contributed by atoms with Crippen LogP contribution < -0.4 is 0 Å². The van der Waals surface area contributed by atoms with Crippen molar-refractivity contribution >= 4 is 12.0 Å². The molecule has 5 nitrogen and oxygen atoms in total. The van der Waals surface area contributed by atoms with Crippen molar-refractivity contribution in [2.75, 3.05) is 26.3 Å². The van der Waals surface area contributed by atoms with Gasteiger partial charge in [-0.05, 0) is 24.3 Å². The van der Waals surface area contributed by atoms with Crippen LogP contribution in [0, 0.1) is 23.0 Å². The van der Waals surface area contributed by atoms with Crippen molar-refractivity contribution in [2.24, 2.45) is 0 Å². The molecule has 0 radical (unpaired) electrons. The fourth-order valence-electron chi connectivity index (χ4n) is 2.49. The smallest absolute Gasteiger partial charge is 0.264 e. The Morgan fingerprint density at radius 1 is 1.20 bits per heavy atom. The number of hydrogen-bond acceptors (Lipinski definition) is 4. The molecule has 1 aliphatic heterocycles. The Kier molecular flexibility index (Phi) is 4.91. The molecule has 1 aliphatic rings. The third-order valence-corrected chi connectivity index (χ3v) is 3.76. The topological polar surface area (TPSA) is 66.5 Å². The minimum Gasteiger partial charge on any atom is -0.457 e. The molecule has 3 rings (SSSR count). The quantitative estimate of drug-likeness (QED) is 0.634. The fourth-order valence-corrected chi connectivity index (χ4v) is 2.49. The molecule has 0 saturated carbocycles. The number of benzene rings is 1. The summed E-state index contributed by atoms with van der Waals surface area (Å²) in [5.41, 5.74) is 0.0152. The Bertz CT molecular complexity index is 861. The minimum atomic E-state index is -0.755. The Hall–Kier alpha value is -2.98. The van der Waals surface area contributed by atoms with Gasteiger partial charge in [0.2, 0.25) is 0 Å². The molecule has 1 amide bonds. The first-order chi connectivity index (χ1) is 12.1. The highest BCUT2D eigenvalue weighted by Crippen LogP contribution is 2.26.